The summed E-state index contributed by atoms with van der Waals surface area (Å²) >= 11 is 0. The number of carbonyl (C=O) groups is 2. The van der Waals surface area contributed by atoms with Gasteiger partial charge in [-0.2, -0.15) is 0 Å². The van der Waals surface area contributed by atoms with Gasteiger partial charge in [-0.05, 0) is 68.5 Å². The predicted octanol–water partition coefficient (Wildman–Crippen LogP) is 4.15. The molecule has 194 valence electrons. The van der Waals surface area contributed by atoms with Crippen LogP contribution in [0.25, 0.3) is 0 Å². The van der Waals surface area contributed by atoms with E-state index in [4.69, 9.17) is 0 Å². The number of nitrogens with zero attached hydrogens (tertiary/aromatic N) is 1. The number of nitrogens with one attached hydrogen (secondary N) is 3. The second-order valence-corrected chi connectivity index (χ2v) is 10.8. The maximum absolute atomic E-state index is 12.8. The molecule has 36 heavy (non-hydrogen) atoms. The summed E-state index contributed by atoms with van der Waals surface area (Å²) in [6, 6.07) is 18.4. The van der Waals surface area contributed by atoms with Crippen LogP contribution < -0.4 is 15.4 Å². The van der Waals surface area contributed by atoms with Crippen LogP contribution in [0.15, 0.2) is 77.8 Å². The Kier molecular flexibility index (Phi) is 7.46. The van der Waals surface area contributed by atoms with Crippen molar-refractivity contribution in [1.82, 2.24) is 15.0 Å². The van der Waals surface area contributed by atoms with E-state index in [0.717, 1.165) is 31.5 Å². The third kappa shape index (κ3) is 6.32. The van der Waals surface area contributed by atoms with Gasteiger partial charge < -0.3 is 10.6 Å². The third-order valence-electron chi connectivity index (χ3n) is 6.15. The Morgan fingerprint density at radius 2 is 1.69 bits per heavy atom. The molecule has 0 saturated heterocycles. The highest BCUT2D eigenvalue weighted by Gasteiger charge is 2.58. The van der Waals surface area contributed by atoms with Gasteiger partial charge in [0.15, 0.2) is 0 Å². The highest BCUT2D eigenvalue weighted by Crippen LogP contribution is 2.57. The SMILES string of the molecule is Cc1ccccc1.O=C(CNC(=O)c1ccc(F)cn1)Nc1ccc(S(=O)(=O)NC23CC(C2)C3)cc1.[HH].[HH].[HH]. The fraction of sp³-hybridized carbons (Fsp3) is 0.269. The molecule has 3 aliphatic carbocycles. The van der Waals surface area contributed by atoms with Crippen molar-refractivity contribution in [1.29, 1.82) is 0 Å². The van der Waals surface area contributed by atoms with Gasteiger partial charge in [-0.3, -0.25) is 9.59 Å². The fourth-order valence-corrected chi connectivity index (χ4v) is 5.60. The average Bonchev–Trinajstić information content (AvgIpc) is 2.81. The second-order valence-electron chi connectivity index (χ2n) is 9.14. The molecule has 2 bridgehead atoms. The van der Waals surface area contributed by atoms with Crippen molar-refractivity contribution < 1.29 is 26.7 Å². The highest BCUT2D eigenvalue weighted by atomic mass is 32.2. The molecule has 3 saturated carbocycles. The molecule has 0 unspecified atom stereocenters. The molecule has 3 aromatic rings. The number of pyridine rings is 1. The van der Waals surface area contributed by atoms with Gasteiger partial charge in [-0.25, -0.2) is 22.5 Å². The molecule has 2 amide bonds. The zero-order valence-electron chi connectivity index (χ0n) is 19.7. The molecule has 2 aromatic carbocycles. The van der Waals surface area contributed by atoms with Crippen LogP contribution in [0.5, 0.6) is 0 Å². The Morgan fingerprint density at radius 3 is 2.19 bits per heavy atom. The molecule has 10 heteroatoms. The quantitative estimate of drug-likeness (QED) is 0.436. The average molecular weight is 517 g/mol. The summed E-state index contributed by atoms with van der Waals surface area (Å²) in [7, 11) is -3.59. The van der Waals surface area contributed by atoms with E-state index in [1.807, 2.05) is 18.2 Å². The number of amides is 2. The molecule has 0 aliphatic heterocycles. The maximum Gasteiger partial charge on any atom is 0.270 e. The molecular weight excluding hydrogens is 483 g/mol. The van der Waals surface area contributed by atoms with Crippen LogP contribution in [0.1, 0.15) is 39.6 Å². The molecule has 6 rings (SSSR count). The third-order valence-corrected chi connectivity index (χ3v) is 7.74. The summed E-state index contributed by atoms with van der Waals surface area (Å²) in [6.45, 7) is 1.77. The summed E-state index contributed by atoms with van der Waals surface area (Å²) in [6.07, 6.45) is 3.62. The van der Waals surface area contributed by atoms with E-state index in [1.165, 1.54) is 35.9 Å². The number of aryl methyl sites for hydroxylation is 1. The van der Waals surface area contributed by atoms with Gasteiger partial charge in [0.25, 0.3) is 5.91 Å². The van der Waals surface area contributed by atoms with Crippen molar-refractivity contribution in [3.63, 3.8) is 0 Å². The number of hydrogen-bond acceptors (Lipinski definition) is 5. The van der Waals surface area contributed by atoms with Gasteiger partial charge in [-0.15, -0.1) is 0 Å². The number of carbonyl (C=O) groups excluding carboxylic acids is 2. The van der Waals surface area contributed by atoms with E-state index < -0.39 is 27.7 Å². The van der Waals surface area contributed by atoms with Gasteiger partial charge in [0.05, 0.1) is 17.6 Å². The number of rotatable bonds is 7. The monoisotopic (exact) mass is 516 g/mol. The number of benzene rings is 2. The lowest BCUT2D eigenvalue weighted by Crippen LogP contribution is -2.67. The molecule has 0 atom stereocenters. The van der Waals surface area contributed by atoms with Crippen molar-refractivity contribution in [2.45, 2.75) is 36.6 Å². The minimum atomic E-state index is -3.59. The highest BCUT2D eigenvalue weighted by molar-refractivity contribution is 7.89. The Hall–Kier alpha value is -3.63. The van der Waals surface area contributed by atoms with Crippen LogP contribution >= 0.6 is 0 Å². The summed E-state index contributed by atoms with van der Waals surface area (Å²) < 4.78 is 40.5. The Labute approximate surface area is 213 Å². The zero-order valence-corrected chi connectivity index (χ0v) is 20.5. The maximum atomic E-state index is 12.8. The van der Waals surface area contributed by atoms with Crippen molar-refractivity contribution in [3.8, 4) is 0 Å². The van der Waals surface area contributed by atoms with Crippen LogP contribution in [0, 0.1) is 18.7 Å². The topological polar surface area (TPSA) is 117 Å². The lowest BCUT2D eigenvalue weighted by Gasteiger charge is -2.61. The molecular formula is C26H33FN4O4S. The molecule has 1 heterocycles. The van der Waals surface area contributed by atoms with Crippen molar-refractivity contribution >= 4 is 27.5 Å². The lowest BCUT2D eigenvalue weighted by atomic mass is 9.50. The van der Waals surface area contributed by atoms with Crippen LogP contribution in [-0.2, 0) is 14.8 Å². The van der Waals surface area contributed by atoms with Crippen LogP contribution in [0.3, 0.4) is 0 Å². The molecule has 3 aliphatic rings. The largest absolute Gasteiger partial charge is 0.342 e. The van der Waals surface area contributed by atoms with Crippen LogP contribution in [0.4, 0.5) is 10.1 Å². The first kappa shape index (κ1) is 25.5. The first-order chi connectivity index (χ1) is 17.1. The minimum absolute atomic E-state index is 0. The number of sulfonamides is 1. The standard InChI is InChI=1S/C19H19FN4O4S.C7H8.3H2/c20-13-1-6-16(21-10-13)18(26)22-11-17(25)23-14-2-4-15(5-3-14)29(27,28)24-19-7-12(8-19)9-19;1-7-5-3-2-4-6-7;;;/h1-6,10,12,24H,7-9,11H2,(H,22,26)(H,23,25);2-6H,1H3;3*1H. The molecule has 3 N–H and O–H groups in total. The molecule has 0 spiro atoms. The lowest BCUT2D eigenvalue weighted by molar-refractivity contribution is -0.115. The van der Waals surface area contributed by atoms with E-state index >= 15 is 0 Å². The van der Waals surface area contributed by atoms with E-state index in [9.17, 15) is 22.4 Å². The first-order valence-corrected chi connectivity index (χ1v) is 13.0. The van der Waals surface area contributed by atoms with Gasteiger partial charge in [0.1, 0.15) is 11.5 Å². The normalized spacial score (nSPS) is 19.6. The van der Waals surface area contributed by atoms with Crippen molar-refractivity contribution in [2.75, 3.05) is 11.9 Å². The predicted molar refractivity (Wildman–Crippen MR) is 140 cm³/mol. The Bertz CT molecular complexity index is 1330. The van der Waals surface area contributed by atoms with Crippen molar-refractivity contribution in [2.24, 2.45) is 5.92 Å². The van der Waals surface area contributed by atoms with Crippen LogP contribution in [0.2, 0.25) is 0 Å². The van der Waals surface area contributed by atoms with Crippen molar-refractivity contribution in [3.05, 3.63) is 90.0 Å². The van der Waals surface area contributed by atoms with Gasteiger partial charge in [0.2, 0.25) is 15.9 Å². The summed E-state index contributed by atoms with van der Waals surface area (Å²) in [5.74, 6) is -1.01. The Morgan fingerprint density at radius 1 is 1.03 bits per heavy atom. The zero-order chi connectivity index (χ0) is 25.8. The van der Waals surface area contributed by atoms with Gasteiger partial charge >= 0.3 is 0 Å². The van der Waals surface area contributed by atoms with E-state index in [1.54, 1.807) is 0 Å². The fourth-order valence-electron chi connectivity index (χ4n) is 4.17. The Balaban J connectivity index is 0.000000667. The van der Waals surface area contributed by atoms with E-state index in [-0.39, 0.29) is 27.0 Å². The van der Waals surface area contributed by atoms with Gasteiger partial charge in [0, 0.05) is 15.5 Å². The van der Waals surface area contributed by atoms with Crippen LogP contribution in [-0.4, -0.2) is 37.3 Å². The number of hydrogen-bond donors (Lipinski definition) is 3. The van der Waals surface area contributed by atoms with E-state index in [0.29, 0.717) is 11.6 Å². The first-order valence-electron chi connectivity index (χ1n) is 11.5. The number of halogens is 1. The summed E-state index contributed by atoms with van der Waals surface area (Å²) in [4.78, 5) is 27.6. The van der Waals surface area contributed by atoms with E-state index in [2.05, 4.69) is 39.4 Å². The summed E-state index contributed by atoms with van der Waals surface area (Å²) in [5.41, 5.74) is 1.45. The number of aromatic nitrogens is 1. The molecule has 1 aromatic heterocycles. The van der Waals surface area contributed by atoms with Gasteiger partial charge in [-0.1, -0.05) is 35.9 Å². The molecule has 3 fully saturated rings. The summed E-state index contributed by atoms with van der Waals surface area (Å²) in [5, 5.41) is 4.94. The second kappa shape index (κ2) is 10.5. The molecule has 8 nitrogen and oxygen atoms in total. The smallest absolute Gasteiger partial charge is 0.270 e. The number of anilines is 1. The minimum Gasteiger partial charge on any atom is -0.342 e. The molecule has 0 radical (unpaired) electrons.